The molecule has 0 atom stereocenters. The predicted molar refractivity (Wildman–Crippen MR) is 56.8 cm³/mol. The summed E-state index contributed by atoms with van der Waals surface area (Å²) >= 11 is 0. The summed E-state index contributed by atoms with van der Waals surface area (Å²) in [6.45, 7) is -1.32. The Labute approximate surface area is 96.5 Å². The number of hydrogen-bond acceptors (Lipinski definition) is 5. The molecule has 17 heavy (non-hydrogen) atoms. The molecule has 0 amide bonds. The maximum absolute atomic E-state index is 12.2. The second kappa shape index (κ2) is 6.00. The number of nitrogen functional groups attached to an aromatic ring is 1. The number of carbonyl (C=O) groups excluding carboxylic acids is 1. The van der Waals surface area contributed by atoms with Crippen molar-refractivity contribution in [2.75, 3.05) is 12.0 Å². The first-order chi connectivity index (χ1) is 8.10. The highest BCUT2D eigenvalue weighted by atomic mass is 19.3. The van der Waals surface area contributed by atoms with Crippen LogP contribution < -0.4 is 16.0 Å². The van der Waals surface area contributed by atoms with Crippen molar-refractivity contribution in [1.82, 2.24) is 0 Å². The highest BCUT2D eigenvalue weighted by Gasteiger charge is 2.19. The molecule has 94 valence electrons. The summed E-state index contributed by atoms with van der Waals surface area (Å²) in [4.78, 5) is 11.5. The van der Waals surface area contributed by atoms with Crippen LogP contribution in [-0.4, -0.2) is 19.2 Å². The molecule has 0 radical (unpaired) electrons. The number of hydrazine groups is 1. The van der Waals surface area contributed by atoms with E-state index in [0.29, 0.717) is 0 Å². The fourth-order valence-corrected chi connectivity index (χ4v) is 1.24. The third-order valence-electron chi connectivity index (χ3n) is 1.87. The summed E-state index contributed by atoms with van der Waals surface area (Å²) in [6.07, 6.45) is 0. The Balaban J connectivity index is 3.14. The highest BCUT2D eigenvalue weighted by Crippen LogP contribution is 2.30. The third kappa shape index (κ3) is 3.28. The average molecular weight is 246 g/mol. The van der Waals surface area contributed by atoms with Gasteiger partial charge < -0.3 is 14.9 Å². The normalized spacial score (nSPS) is 10.2. The number of carbonyl (C=O) groups is 1. The number of ether oxygens (including phenoxy) is 2. The number of benzene rings is 1. The summed E-state index contributed by atoms with van der Waals surface area (Å²) in [7, 11) is 0. The molecule has 0 aromatic heterocycles. The van der Waals surface area contributed by atoms with E-state index in [4.69, 9.17) is 10.6 Å². The highest BCUT2D eigenvalue weighted by molar-refractivity contribution is 5.94. The molecule has 0 bridgehead atoms. The summed E-state index contributed by atoms with van der Waals surface area (Å²) < 4.78 is 33.4. The molecule has 0 saturated heterocycles. The summed E-state index contributed by atoms with van der Waals surface area (Å²) in [5.74, 6) is 4.06. The zero-order valence-electron chi connectivity index (χ0n) is 9.07. The lowest BCUT2D eigenvalue weighted by atomic mass is 10.1. The molecule has 0 aliphatic heterocycles. The summed E-state index contributed by atoms with van der Waals surface area (Å²) in [6, 6.07) is 4.19. The molecule has 0 unspecified atom stereocenters. The minimum absolute atomic E-state index is 0.0795. The molecule has 0 saturated carbocycles. The first-order valence-electron chi connectivity index (χ1n) is 4.81. The predicted octanol–water partition coefficient (Wildman–Crippen LogP) is 1.75. The van der Waals surface area contributed by atoms with E-state index in [9.17, 15) is 13.6 Å². The zero-order chi connectivity index (χ0) is 12.8. The van der Waals surface area contributed by atoms with Crippen LogP contribution in [0.3, 0.4) is 0 Å². The van der Waals surface area contributed by atoms with Gasteiger partial charge in [0.1, 0.15) is 5.56 Å². The van der Waals surface area contributed by atoms with Crippen LogP contribution in [0, 0.1) is 0 Å². The Morgan fingerprint density at radius 2 is 2.24 bits per heavy atom. The van der Waals surface area contributed by atoms with E-state index >= 15 is 0 Å². The average Bonchev–Trinajstić information content (AvgIpc) is 2.28. The molecule has 1 aromatic carbocycles. The topological polar surface area (TPSA) is 73.6 Å². The molecule has 0 fully saturated rings. The van der Waals surface area contributed by atoms with Crippen molar-refractivity contribution in [1.29, 1.82) is 0 Å². The van der Waals surface area contributed by atoms with Gasteiger partial charge in [-0.15, -0.1) is 0 Å². The van der Waals surface area contributed by atoms with Gasteiger partial charge in [-0.2, -0.15) is 8.78 Å². The van der Waals surface area contributed by atoms with E-state index in [1.807, 2.05) is 0 Å². The van der Waals surface area contributed by atoms with Crippen LogP contribution >= 0.6 is 0 Å². The van der Waals surface area contributed by atoms with E-state index in [2.05, 4.69) is 10.2 Å². The molecule has 5 nitrogen and oxygen atoms in total. The van der Waals surface area contributed by atoms with Gasteiger partial charge in [0.05, 0.1) is 12.3 Å². The van der Waals surface area contributed by atoms with E-state index in [0.717, 1.165) is 0 Å². The molecule has 3 N–H and O–H groups in total. The number of alkyl halides is 2. The molecular formula is C10H12F2N2O3. The van der Waals surface area contributed by atoms with Crippen LogP contribution in [0.4, 0.5) is 14.5 Å². The molecule has 0 heterocycles. The number of nitrogens with two attached hydrogens (primary N) is 1. The van der Waals surface area contributed by atoms with Crippen molar-refractivity contribution < 1.29 is 23.0 Å². The maximum atomic E-state index is 12.2. The standard InChI is InChI=1S/C10H12F2N2O3/c1-2-16-9(15)6-4-3-5-7(14-13)8(6)17-10(11)12/h3-5,10,14H,2,13H2,1H3. The first kappa shape index (κ1) is 13.2. The minimum atomic E-state index is -3.06. The zero-order valence-corrected chi connectivity index (χ0v) is 9.07. The Morgan fingerprint density at radius 3 is 2.76 bits per heavy atom. The molecule has 0 aliphatic carbocycles. The smallest absolute Gasteiger partial charge is 0.387 e. The Kier molecular flexibility index (Phi) is 4.65. The van der Waals surface area contributed by atoms with Crippen LogP contribution in [0.15, 0.2) is 18.2 Å². The van der Waals surface area contributed by atoms with Crippen LogP contribution in [-0.2, 0) is 4.74 Å². The molecule has 7 heteroatoms. The lowest BCUT2D eigenvalue weighted by Gasteiger charge is -2.13. The fraction of sp³-hybridized carbons (Fsp3) is 0.300. The van der Waals surface area contributed by atoms with Crippen molar-refractivity contribution in [3.05, 3.63) is 23.8 Å². The quantitative estimate of drug-likeness (QED) is 0.470. The first-order valence-corrected chi connectivity index (χ1v) is 4.81. The molecule has 1 aromatic rings. The van der Waals surface area contributed by atoms with E-state index in [-0.39, 0.29) is 23.6 Å². The summed E-state index contributed by atoms with van der Waals surface area (Å²) in [5, 5.41) is 0. The monoisotopic (exact) mass is 246 g/mol. The Bertz CT molecular complexity index is 399. The second-order valence-electron chi connectivity index (χ2n) is 2.93. The number of nitrogens with one attached hydrogen (secondary N) is 1. The van der Waals surface area contributed by atoms with E-state index < -0.39 is 12.6 Å². The van der Waals surface area contributed by atoms with Gasteiger partial charge in [-0.25, -0.2) is 4.79 Å². The van der Waals surface area contributed by atoms with Crippen LogP contribution in [0.25, 0.3) is 0 Å². The van der Waals surface area contributed by atoms with Gasteiger partial charge in [-0.05, 0) is 19.1 Å². The molecule has 0 aliphatic rings. The van der Waals surface area contributed by atoms with Crippen molar-refractivity contribution in [3.63, 3.8) is 0 Å². The molecular weight excluding hydrogens is 234 g/mol. The number of hydrogen-bond donors (Lipinski definition) is 2. The largest absolute Gasteiger partial charge is 0.462 e. The van der Waals surface area contributed by atoms with E-state index in [1.54, 1.807) is 6.92 Å². The van der Waals surface area contributed by atoms with Gasteiger partial charge in [0, 0.05) is 0 Å². The van der Waals surface area contributed by atoms with Gasteiger partial charge in [0.2, 0.25) is 0 Å². The number of esters is 1. The van der Waals surface area contributed by atoms with Crippen LogP contribution in [0.1, 0.15) is 17.3 Å². The SMILES string of the molecule is CCOC(=O)c1cccc(NN)c1OC(F)F. The summed E-state index contributed by atoms with van der Waals surface area (Å²) in [5.41, 5.74) is 2.14. The lowest BCUT2D eigenvalue weighted by Crippen LogP contribution is -2.15. The molecule has 1 rings (SSSR count). The fourth-order valence-electron chi connectivity index (χ4n) is 1.24. The van der Waals surface area contributed by atoms with Gasteiger partial charge in [0.25, 0.3) is 0 Å². The minimum Gasteiger partial charge on any atom is -0.462 e. The van der Waals surface area contributed by atoms with Crippen LogP contribution in [0.2, 0.25) is 0 Å². The molecule has 0 spiro atoms. The number of para-hydroxylation sites is 1. The van der Waals surface area contributed by atoms with Gasteiger partial charge in [-0.1, -0.05) is 6.07 Å². The number of halogens is 2. The Hall–Kier alpha value is -1.89. The van der Waals surface area contributed by atoms with E-state index in [1.165, 1.54) is 18.2 Å². The number of rotatable bonds is 5. The number of anilines is 1. The van der Waals surface area contributed by atoms with Crippen molar-refractivity contribution in [2.24, 2.45) is 5.84 Å². The van der Waals surface area contributed by atoms with Gasteiger partial charge in [0.15, 0.2) is 5.75 Å². The van der Waals surface area contributed by atoms with Gasteiger partial charge >= 0.3 is 12.6 Å². The van der Waals surface area contributed by atoms with Crippen molar-refractivity contribution in [3.8, 4) is 5.75 Å². The van der Waals surface area contributed by atoms with Gasteiger partial charge in [-0.3, -0.25) is 5.84 Å². The van der Waals surface area contributed by atoms with Crippen LogP contribution in [0.5, 0.6) is 5.75 Å². The third-order valence-corrected chi connectivity index (χ3v) is 1.87. The second-order valence-corrected chi connectivity index (χ2v) is 2.93. The maximum Gasteiger partial charge on any atom is 0.387 e. The van der Waals surface area contributed by atoms with Crippen molar-refractivity contribution in [2.45, 2.75) is 13.5 Å². The Morgan fingerprint density at radius 1 is 1.53 bits per heavy atom. The van der Waals surface area contributed by atoms with Crippen molar-refractivity contribution >= 4 is 11.7 Å². The lowest BCUT2D eigenvalue weighted by molar-refractivity contribution is -0.0499.